The van der Waals surface area contributed by atoms with Crippen LogP contribution >= 0.6 is 56.8 Å². The summed E-state index contributed by atoms with van der Waals surface area (Å²) in [6, 6.07) is 18.5. The van der Waals surface area contributed by atoms with Crippen molar-refractivity contribution in [1.82, 2.24) is 5.43 Å². The topological polar surface area (TPSA) is 59.9 Å². The van der Waals surface area contributed by atoms with Crippen LogP contribution in [0.4, 0.5) is 0 Å². The van der Waals surface area contributed by atoms with E-state index in [9.17, 15) is 4.79 Å². The van der Waals surface area contributed by atoms with E-state index in [1.165, 1.54) is 3.57 Å². The predicted molar refractivity (Wildman–Crippen MR) is 140 cm³/mol. The molecule has 0 bridgehead atoms. The first-order chi connectivity index (χ1) is 15.0. The van der Waals surface area contributed by atoms with Gasteiger partial charge in [0.25, 0.3) is 5.91 Å². The van der Waals surface area contributed by atoms with Crippen molar-refractivity contribution in [3.63, 3.8) is 0 Å². The van der Waals surface area contributed by atoms with Gasteiger partial charge >= 0.3 is 0 Å². The second-order valence-corrected chi connectivity index (χ2v) is 9.23. The monoisotopic (exact) mass is 660 g/mol. The Kier molecular flexibility index (Phi) is 8.97. The van der Waals surface area contributed by atoms with E-state index >= 15 is 0 Å². The molecule has 31 heavy (non-hydrogen) atoms. The molecule has 0 atom stereocenters. The molecule has 8 heteroatoms. The standard InChI is InChI=1S/C23H19ClI2N2O3/c1-2-30-21-12-16(13-27-28-23(29)17-5-7-18(24)8-6-17)11-20(26)22(21)31-14-15-3-9-19(25)10-4-15/h3-13H,2,14H2,1H3,(H,28,29)/b27-13-. The molecular weight excluding hydrogens is 642 g/mol. The zero-order chi connectivity index (χ0) is 22.2. The first-order valence-corrected chi connectivity index (χ1v) is 11.9. The smallest absolute Gasteiger partial charge is 0.271 e. The highest BCUT2D eigenvalue weighted by Gasteiger charge is 2.12. The fraction of sp³-hybridized carbons (Fsp3) is 0.130. The fourth-order valence-corrected chi connectivity index (χ4v) is 3.90. The Morgan fingerprint density at radius 2 is 1.77 bits per heavy atom. The lowest BCUT2D eigenvalue weighted by Crippen LogP contribution is -2.17. The van der Waals surface area contributed by atoms with Crippen molar-refractivity contribution >= 4 is 68.9 Å². The number of hydrazone groups is 1. The Balaban J connectivity index is 1.71. The summed E-state index contributed by atoms with van der Waals surface area (Å²) >= 11 is 10.3. The minimum Gasteiger partial charge on any atom is -0.490 e. The van der Waals surface area contributed by atoms with Crippen LogP contribution in [0.3, 0.4) is 0 Å². The Morgan fingerprint density at radius 1 is 1.06 bits per heavy atom. The summed E-state index contributed by atoms with van der Waals surface area (Å²) in [5.41, 5.74) is 4.85. The molecule has 1 N–H and O–H groups in total. The van der Waals surface area contributed by atoms with Gasteiger partial charge in [0.15, 0.2) is 11.5 Å². The van der Waals surface area contributed by atoms with Gasteiger partial charge in [0.2, 0.25) is 0 Å². The largest absolute Gasteiger partial charge is 0.490 e. The number of amides is 1. The van der Waals surface area contributed by atoms with Crippen molar-refractivity contribution in [3.05, 3.63) is 89.5 Å². The molecule has 0 radical (unpaired) electrons. The molecule has 5 nitrogen and oxygen atoms in total. The van der Waals surface area contributed by atoms with Gasteiger partial charge in [0.1, 0.15) is 6.61 Å². The molecule has 0 aliphatic heterocycles. The molecule has 0 heterocycles. The number of nitrogens with one attached hydrogen (secondary N) is 1. The van der Waals surface area contributed by atoms with Gasteiger partial charge in [-0.15, -0.1) is 0 Å². The Bertz CT molecular complexity index is 1070. The lowest BCUT2D eigenvalue weighted by Gasteiger charge is -2.15. The summed E-state index contributed by atoms with van der Waals surface area (Å²) in [4.78, 5) is 12.2. The number of nitrogens with zero attached hydrogens (tertiary/aromatic N) is 1. The number of hydrogen-bond acceptors (Lipinski definition) is 4. The summed E-state index contributed by atoms with van der Waals surface area (Å²) < 4.78 is 13.9. The molecular formula is C23H19ClI2N2O3. The second-order valence-electron chi connectivity index (χ2n) is 6.38. The predicted octanol–water partition coefficient (Wildman–Crippen LogP) is 6.29. The van der Waals surface area contributed by atoms with Gasteiger partial charge in [-0.3, -0.25) is 4.79 Å². The Hall–Kier alpha value is -1.85. The van der Waals surface area contributed by atoms with Gasteiger partial charge in [-0.2, -0.15) is 5.10 Å². The molecule has 1 amide bonds. The average molecular weight is 661 g/mol. The molecule has 0 fully saturated rings. The van der Waals surface area contributed by atoms with Crippen LogP contribution in [0, 0.1) is 7.14 Å². The number of rotatable bonds is 8. The SMILES string of the molecule is CCOc1cc(/C=N\NC(=O)c2ccc(Cl)cc2)cc(I)c1OCc1ccc(I)cc1. The van der Waals surface area contributed by atoms with E-state index in [4.69, 9.17) is 21.1 Å². The van der Waals surface area contributed by atoms with Gasteiger partial charge in [0, 0.05) is 14.2 Å². The van der Waals surface area contributed by atoms with Crippen LogP contribution < -0.4 is 14.9 Å². The zero-order valence-electron chi connectivity index (χ0n) is 16.6. The van der Waals surface area contributed by atoms with Gasteiger partial charge in [-0.25, -0.2) is 5.43 Å². The van der Waals surface area contributed by atoms with E-state index in [0.29, 0.717) is 35.3 Å². The third-order valence-electron chi connectivity index (χ3n) is 4.11. The number of ether oxygens (including phenoxy) is 2. The minimum absolute atomic E-state index is 0.315. The first-order valence-electron chi connectivity index (χ1n) is 9.39. The van der Waals surface area contributed by atoms with Gasteiger partial charge < -0.3 is 9.47 Å². The van der Waals surface area contributed by atoms with Crippen molar-refractivity contribution in [2.45, 2.75) is 13.5 Å². The lowest BCUT2D eigenvalue weighted by atomic mass is 10.2. The number of hydrogen-bond donors (Lipinski definition) is 1. The quantitative estimate of drug-likeness (QED) is 0.176. The molecule has 3 aromatic carbocycles. The molecule has 3 rings (SSSR count). The van der Waals surface area contributed by atoms with Crippen LogP contribution in [0.2, 0.25) is 5.02 Å². The lowest BCUT2D eigenvalue weighted by molar-refractivity contribution is 0.0955. The maximum atomic E-state index is 12.2. The maximum Gasteiger partial charge on any atom is 0.271 e. The minimum atomic E-state index is -0.315. The molecule has 0 unspecified atom stereocenters. The highest BCUT2D eigenvalue weighted by atomic mass is 127. The third kappa shape index (κ3) is 7.08. The van der Waals surface area contributed by atoms with E-state index in [1.807, 2.05) is 43.3 Å². The van der Waals surface area contributed by atoms with Crippen molar-refractivity contribution in [2.75, 3.05) is 6.61 Å². The van der Waals surface area contributed by atoms with Crippen LogP contribution in [0.25, 0.3) is 0 Å². The van der Waals surface area contributed by atoms with Crippen molar-refractivity contribution in [2.24, 2.45) is 5.10 Å². The summed E-state index contributed by atoms with van der Waals surface area (Å²) in [6.45, 7) is 2.87. The van der Waals surface area contributed by atoms with Crippen LogP contribution in [0.5, 0.6) is 11.5 Å². The summed E-state index contributed by atoms with van der Waals surface area (Å²) in [5, 5.41) is 4.63. The molecule has 0 spiro atoms. The fourth-order valence-electron chi connectivity index (χ4n) is 2.63. The summed E-state index contributed by atoms with van der Waals surface area (Å²) in [6.07, 6.45) is 1.57. The molecule has 0 saturated heterocycles. The molecule has 0 aromatic heterocycles. The van der Waals surface area contributed by atoms with Crippen molar-refractivity contribution in [1.29, 1.82) is 0 Å². The maximum absolute atomic E-state index is 12.2. The number of carbonyl (C=O) groups excluding carboxylic acids is 1. The van der Waals surface area contributed by atoms with Crippen LogP contribution in [-0.4, -0.2) is 18.7 Å². The Labute approximate surface area is 213 Å². The number of halogens is 3. The zero-order valence-corrected chi connectivity index (χ0v) is 21.6. The normalized spacial score (nSPS) is 10.8. The van der Waals surface area contributed by atoms with Crippen LogP contribution in [0.15, 0.2) is 65.8 Å². The van der Waals surface area contributed by atoms with E-state index in [-0.39, 0.29) is 5.91 Å². The molecule has 0 aliphatic carbocycles. The van der Waals surface area contributed by atoms with E-state index in [1.54, 1.807) is 30.5 Å². The highest BCUT2D eigenvalue weighted by Crippen LogP contribution is 2.34. The third-order valence-corrected chi connectivity index (χ3v) is 5.89. The second kappa shape index (κ2) is 11.7. The van der Waals surface area contributed by atoms with Crippen molar-refractivity contribution < 1.29 is 14.3 Å². The number of benzene rings is 3. The molecule has 160 valence electrons. The average Bonchev–Trinajstić information content (AvgIpc) is 2.75. The van der Waals surface area contributed by atoms with E-state index < -0.39 is 0 Å². The van der Waals surface area contributed by atoms with Crippen molar-refractivity contribution in [3.8, 4) is 11.5 Å². The summed E-state index contributed by atoms with van der Waals surface area (Å²) in [7, 11) is 0. The molecule has 3 aromatic rings. The summed E-state index contributed by atoms with van der Waals surface area (Å²) in [5.74, 6) is 0.999. The highest BCUT2D eigenvalue weighted by molar-refractivity contribution is 14.1. The number of carbonyl (C=O) groups is 1. The van der Waals surface area contributed by atoms with E-state index in [2.05, 4.69) is 55.7 Å². The van der Waals surface area contributed by atoms with E-state index in [0.717, 1.165) is 14.7 Å². The first kappa shape index (κ1) is 23.8. The van der Waals surface area contributed by atoms with Gasteiger partial charge in [0.05, 0.1) is 16.4 Å². The van der Waals surface area contributed by atoms with Gasteiger partial charge in [-0.1, -0.05) is 23.7 Å². The Morgan fingerprint density at radius 3 is 2.45 bits per heavy atom. The molecule has 0 saturated carbocycles. The molecule has 0 aliphatic rings. The van der Waals surface area contributed by atoms with Gasteiger partial charge in [-0.05, 0) is 112 Å². The van der Waals surface area contributed by atoms with Crippen LogP contribution in [0.1, 0.15) is 28.4 Å². The van der Waals surface area contributed by atoms with Crippen LogP contribution in [-0.2, 0) is 6.61 Å².